The lowest BCUT2D eigenvalue weighted by Gasteiger charge is -2.29. The zero-order valence-corrected chi connectivity index (χ0v) is 11.8. The van der Waals surface area contributed by atoms with Gasteiger partial charge in [-0.15, -0.1) is 0 Å². The second kappa shape index (κ2) is 5.43. The minimum atomic E-state index is -0.288. The summed E-state index contributed by atoms with van der Waals surface area (Å²) in [5.41, 5.74) is 10.3. The fourth-order valence-corrected chi connectivity index (χ4v) is 3.00. The summed E-state index contributed by atoms with van der Waals surface area (Å²) in [7, 11) is 0. The fraction of sp³-hybridized carbons (Fsp3) is 0.250. The smallest absolute Gasteiger partial charge is 0.125 e. The Balaban J connectivity index is 1.79. The highest BCUT2D eigenvalue weighted by atomic mass is 35.5. The van der Waals surface area contributed by atoms with Gasteiger partial charge >= 0.3 is 0 Å². The van der Waals surface area contributed by atoms with Crippen LogP contribution in [0.5, 0.6) is 0 Å². The van der Waals surface area contributed by atoms with E-state index in [2.05, 4.69) is 11.0 Å². The van der Waals surface area contributed by atoms with Crippen LogP contribution in [-0.2, 0) is 19.5 Å². The van der Waals surface area contributed by atoms with Crippen molar-refractivity contribution in [2.45, 2.75) is 19.5 Å². The van der Waals surface area contributed by atoms with Gasteiger partial charge in [0.25, 0.3) is 0 Å². The summed E-state index contributed by atoms with van der Waals surface area (Å²) in [4.78, 5) is 2.27. The standard InChI is InChI=1S/C16H16ClFN2/c17-13-6-11(7-14(18)8-13)9-20-5-4-12-2-1-3-16(19)15(12)10-20/h1-3,6-8H,4-5,9-10,19H2. The molecular formula is C16H16ClFN2. The van der Waals surface area contributed by atoms with Gasteiger partial charge in [-0.1, -0.05) is 23.7 Å². The lowest BCUT2D eigenvalue weighted by molar-refractivity contribution is 0.246. The molecule has 0 saturated heterocycles. The zero-order valence-electron chi connectivity index (χ0n) is 11.1. The van der Waals surface area contributed by atoms with E-state index in [1.54, 1.807) is 0 Å². The normalized spacial score (nSPS) is 15.1. The fourth-order valence-electron chi connectivity index (χ4n) is 2.76. The first-order chi connectivity index (χ1) is 9.61. The first-order valence-corrected chi connectivity index (χ1v) is 7.03. The summed E-state index contributed by atoms with van der Waals surface area (Å²) in [5.74, 6) is -0.288. The van der Waals surface area contributed by atoms with Crippen LogP contribution in [0.3, 0.4) is 0 Å². The molecule has 2 aromatic carbocycles. The molecule has 1 aliphatic heterocycles. The van der Waals surface area contributed by atoms with Gasteiger partial charge in [-0.3, -0.25) is 4.90 Å². The van der Waals surface area contributed by atoms with Crippen LogP contribution in [0.4, 0.5) is 10.1 Å². The number of nitrogens with zero attached hydrogens (tertiary/aromatic N) is 1. The Kier molecular flexibility index (Phi) is 3.64. The molecule has 1 heterocycles. The summed E-state index contributed by atoms with van der Waals surface area (Å²) >= 11 is 5.90. The van der Waals surface area contributed by atoms with Crippen LogP contribution in [0.15, 0.2) is 36.4 Å². The maximum atomic E-state index is 13.4. The summed E-state index contributed by atoms with van der Waals surface area (Å²) < 4.78 is 13.4. The van der Waals surface area contributed by atoms with Gasteiger partial charge in [0, 0.05) is 30.3 Å². The first kappa shape index (κ1) is 13.4. The Morgan fingerprint density at radius 2 is 2.10 bits per heavy atom. The van der Waals surface area contributed by atoms with Gasteiger partial charge in [0.15, 0.2) is 0 Å². The summed E-state index contributed by atoms with van der Waals surface area (Å²) in [6.07, 6.45) is 0.976. The van der Waals surface area contributed by atoms with Gasteiger partial charge in [-0.25, -0.2) is 4.39 Å². The van der Waals surface area contributed by atoms with E-state index in [-0.39, 0.29) is 5.82 Å². The van der Waals surface area contributed by atoms with Crippen molar-refractivity contribution in [2.24, 2.45) is 0 Å². The number of hydrogen-bond donors (Lipinski definition) is 1. The number of nitrogen functional groups attached to an aromatic ring is 1. The molecule has 4 heteroatoms. The number of halogens is 2. The highest BCUT2D eigenvalue weighted by molar-refractivity contribution is 6.30. The van der Waals surface area contributed by atoms with Crippen LogP contribution >= 0.6 is 11.6 Å². The predicted octanol–water partition coefficient (Wildman–Crippen LogP) is 3.62. The molecular weight excluding hydrogens is 275 g/mol. The molecule has 0 aliphatic carbocycles. The zero-order chi connectivity index (χ0) is 14.1. The van der Waals surface area contributed by atoms with Gasteiger partial charge in [-0.2, -0.15) is 0 Å². The summed E-state index contributed by atoms with van der Waals surface area (Å²) in [6, 6.07) is 10.7. The van der Waals surface area contributed by atoms with Crippen LogP contribution in [-0.4, -0.2) is 11.4 Å². The minimum Gasteiger partial charge on any atom is -0.398 e. The van der Waals surface area contributed by atoms with Crippen LogP contribution in [0.25, 0.3) is 0 Å². The van der Waals surface area contributed by atoms with Crippen molar-refractivity contribution >= 4 is 17.3 Å². The van der Waals surface area contributed by atoms with Crippen molar-refractivity contribution in [3.63, 3.8) is 0 Å². The molecule has 3 rings (SSSR count). The molecule has 0 radical (unpaired) electrons. The van der Waals surface area contributed by atoms with E-state index < -0.39 is 0 Å². The topological polar surface area (TPSA) is 29.3 Å². The Labute approximate surface area is 123 Å². The molecule has 2 nitrogen and oxygen atoms in total. The predicted molar refractivity (Wildman–Crippen MR) is 80.1 cm³/mol. The first-order valence-electron chi connectivity index (χ1n) is 6.65. The molecule has 2 N–H and O–H groups in total. The van der Waals surface area contributed by atoms with Crippen LogP contribution in [0, 0.1) is 5.82 Å². The van der Waals surface area contributed by atoms with Crippen molar-refractivity contribution in [1.29, 1.82) is 0 Å². The highest BCUT2D eigenvalue weighted by Gasteiger charge is 2.18. The van der Waals surface area contributed by atoms with E-state index in [4.69, 9.17) is 17.3 Å². The number of fused-ring (bicyclic) bond motifs is 1. The van der Waals surface area contributed by atoms with E-state index in [1.807, 2.05) is 18.2 Å². The Bertz CT molecular complexity index is 622. The number of hydrogen-bond acceptors (Lipinski definition) is 2. The van der Waals surface area contributed by atoms with Crippen LogP contribution < -0.4 is 5.73 Å². The Hall–Kier alpha value is -1.58. The third-order valence-electron chi connectivity index (χ3n) is 3.72. The lowest BCUT2D eigenvalue weighted by atomic mass is 9.98. The average molecular weight is 291 g/mol. The molecule has 2 aromatic rings. The SMILES string of the molecule is Nc1cccc2c1CN(Cc1cc(F)cc(Cl)c1)CC2. The number of benzene rings is 2. The van der Waals surface area contributed by atoms with E-state index in [9.17, 15) is 4.39 Å². The van der Waals surface area contributed by atoms with Crippen LogP contribution in [0.1, 0.15) is 16.7 Å². The summed E-state index contributed by atoms with van der Waals surface area (Å²) in [5, 5.41) is 0.442. The Morgan fingerprint density at radius 1 is 1.25 bits per heavy atom. The molecule has 0 atom stereocenters. The van der Waals surface area contributed by atoms with Crippen molar-refractivity contribution in [2.75, 3.05) is 12.3 Å². The van der Waals surface area contributed by atoms with Gasteiger partial charge in [-0.05, 0) is 47.4 Å². The van der Waals surface area contributed by atoms with Crippen molar-refractivity contribution < 1.29 is 4.39 Å². The van der Waals surface area contributed by atoms with E-state index in [0.717, 1.165) is 30.8 Å². The second-order valence-electron chi connectivity index (χ2n) is 5.22. The molecule has 0 spiro atoms. The molecule has 0 unspecified atom stereocenters. The van der Waals surface area contributed by atoms with E-state index in [1.165, 1.54) is 23.3 Å². The molecule has 104 valence electrons. The Morgan fingerprint density at radius 3 is 2.90 bits per heavy atom. The molecule has 20 heavy (non-hydrogen) atoms. The van der Waals surface area contributed by atoms with Gasteiger partial charge in [0.05, 0.1) is 0 Å². The maximum absolute atomic E-state index is 13.4. The molecule has 1 aliphatic rings. The van der Waals surface area contributed by atoms with Gasteiger partial charge in [0.2, 0.25) is 0 Å². The number of anilines is 1. The third-order valence-corrected chi connectivity index (χ3v) is 3.94. The van der Waals surface area contributed by atoms with Crippen molar-refractivity contribution in [3.05, 3.63) is 63.9 Å². The lowest BCUT2D eigenvalue weighted by Crippen LogP contribution is -2.30. The van der Waals surface area contributed by atoms with Crippen LogP contribution in [0.2, 0.25) is 5.02 Å². The van der Waals surface area contributed by atoms with Crippen molar-refractivity contribution in [3.8, 4) is 0 Å². The minimum absolute atomic E-state index is 0.288. The molecule has 0 saturated carbocycles. The maximum Gasteiger partial charge on any atom is 0.125 e. The molecule has 0 aromatic heterocycles. The largest absolute Gasteiger partial charge is 0.398 e. The molecule has 0 bridgehead atoms. The van der Waals surface area contributed by atoms with Gasteiger partial charge < -0.3 is 5.73 Å². The molecule has 0 amide bonds. The average Bonchev–Trinajstić information content (AvgIpc) is 2.38. The second-order valence-corrected chi connectivity index (χ2v) is 5.66. The quantitative estimate of drug-likeness (QED) is 0.856. The third kappa shape index (κ3) is 2.79. The van der Waals surface area contributed by atoms with Crippen molar-refractivity contribution in [1.82, 2.24) is 4.90 Å². The van der Waals surface area contributed by atoms with E-state index >= 15 is 0 Å². The monoisotopic (exact) mass is 290 g/mol. The molecule has 0 fully saturated rings. The summed E-state index contributed by atoms with van der Waals surface area (Å²) in [6.45, 7) is 2.44. The van der Waals surface area contributed by atoms with E-state index in [0.29, 0.717) is 11.6 Å². The number of nitrogens with two attached hydrogens (primary N) is 1. The van der Waals surface area contributed by atoms with Gasteiger partial charge in [0.1, 0.15) is 5.82 Å². The number of rotatable bonds is 2. The highest BCUT2D eigenvalue weighted by Crippen LogP contribution is 2.25.